The molecule has 0 saturated heterocycles. The molecule has 6 nitrogen and oxygen atoms in total. The molecule has 0 aliphatic rings. The van der Waals surface area contributed by atoms with E-state index in [-0.39, 0.29) is 11.9 Å². The highest BCUT2D eigenvalue weighted by Crippen LogP contribution is 2.24. The van der Waals surface area contributed by atoms with Gasteiger partial charge in [0.2, 0.25) is 0 Å². The van der Waals surface area contributed by atoms with Crippen LogP contribution in [0.3, 0.4) is 0 Å². The van der Waals surface area contributed by atoms with Gasteiger partial charge in [0.25, 0.3) is 5.91 Å². The second-order valence-electron chi connectivity index (χ2n) is 6.72. The molecule has 0 spiro atoms. The van der Waals surface area contributed by atoms with Crippen LogP contribution in [-0.4, -0.2) is 29.5 Å². The van der Waals surface area contributed by atoms with Gasteiger partial charge in [-0.25, -0.2) is 9.97 Å². The van der Waals surface area contributed by atoms with Crippen LogP contribution in [-0.2, 0) is 0 Å². The molecule has 0 fully saturated rings. The number of aromatic nitrogens is 2. The number of carbonyl (C=O) groups is 1. The second-order valence-corrected chi connectivity index (χ2v) is 6.72. The Balaban J connectivity index is 1.66. The monoisotopic (exact) mass is 377 g/mol. The molecule has 2 aromatic carbocycles. The van der Waals surface area contributed by atoms with E-state index < -0.39 is 0 Å². The number of ether oxygens (including phenoxy) is 2. The lowest BCUT2D eigenvalue weighted by molar-refractivity contribution is 0.0949. The number of hydrogen-bond donors (Lipinski definition) is 1. The molecule has 0 atom stereocenters. The van der Waals surface area contributed by atoms with Gasteiger partial charge in [-0.1, -0.05) is 32.0 Å². The number of rotatable bonds is 7. The molecule has 3 rings (SSSR count). The van der Waals surface area contributed by atoms with Gasteiger partial charge in [-0.3, -0.25) is 4.79 Å². The van der Waals surface area contributed by atoms with Crippen molar-refractivity contribution in [1.29, 1.82) is 0 Å². The van der Waals surface area contributed by atoms with E-state index in [2.05, 4.69) is 29.1 Å². The van der Waals surface area contributed by atoms with Crippen LogP contribution in [0.25, 0.3) is 11.1 Å². The largest absolute Gasteiger partial charge is 0.497 e. The van der Waals surface area contributed by atoms with E-state index in [4.69, 9.17) is 9.47 Å². The lowest BCUT2D eigenvalue weighted by Gasteiger charge is -2.08. The van der Waals surface area contributed by atoms with E-state index in [0.717, 1.165) is 11.1 Å². The van der Waals surface area contributed by atoms with Crippen LogP contribution in [0.15, 0.2) is 60.9 Å². The summed E-state index contributed by atoms with van der Waals surface area (Å²) in [6, 6.07) is 14.9. The highest BCUT2D eigenvalue weighted by atomic mass is 16.5. The minimum Gasteiger partial charge on any atom is -0.497 e. The third-order valence-electron chi connectivity index (χ3n) is 4.03. The maximum Gasteiger partial charge on any atom is 0.321 e. The van der Waals surface area contributed by atoms with Crippen LogP contribution < -0.4 is 14.8 Å². The summed E-state index contributed by atoms with van der Waals surface area (Å²) in [6.45, 7) is 4.78. The summed E-state index contributed by atoms with van der Waals surface area (Å²) >= 11 is 0. The van der Waals surface area contributed by atoms with Crippen LogP contribution >= 0.6 is 0 Å². The number of nitrogens with zero attached hydrogens (tertiary/aromatic N) is 2. The molecule has 6 heteroatoms. The van der Waals surface area contributed by atoms with Gasteiger partial charge < -0.3 is 14.8 Å². The Hall–Kier alpha value is -3.41. The summed E-state index contributed by atoms with van der Waals surface area (Å²) in [6.07, 6.45) is 3.38. The van der Waals surface area contributed by atoms with E-state index in [0.29, 0.717) is 29.5 Å². The summed E-state index contributed by atoms with van der Waals surface area (Å²) in [4.78, 5) is 20.6. The first-order valence-electron chi connectivity index (χ1n) is 9.07. The van der Waals surface area contributed by atoms with Gasteiger partial charge in [-0.05, 0) is 35.7 Å². The normalized spacial score (nSPS) is 10.6. The third kappa shape index (κ3) is 5.07. The number of nitrogens with one attached hydrogen (secondary N) is 1. The standard InChI is InChI=1S/C22H23N3O3/c1-15(2)12-23-21(26)17-9-7-16(8-10-17)18-13-24-22(25-14-18)28-20-6-4-5-19(11-20)27-3/h4-11,13-15H,12H2,1-3H3,(H,23,26). The quantitative estimate of drug-likeness (QED) is 0.663. The first-order valence-corrected chi connectivity index (χ1v) is 9.07. The van der Waals surface area contributed by atoms with Gasteiger partial charge in [0.15, 0.2) is 0 Å². The van der Waals surface area contributed by atoms with Crippen LogP contribution in [0.1, 0.15) is 24.2 Å². The first-order chi connectivity index (χ1) is 13.5. The zero-order valence-electron chi connectivity index (χ0n) is 16.2. The summed E-state index contributed by atoms with van der Waals surface area (Å²) in [7, 11) is 1.60. The first kappa shape index (κ1) is 19.4. The number of carbonyl (C=O) groups excluding carboxylic acids is 1. The van der Waals surface area contributed by atoms with Gasteiger partial charge >= 0.3 is 6.01 Å². The minimum absolute atomic E-state index is 0.0708. The molecular weight excluding hydrogens is 354 g/mol. The van der Waals surface area contributed by atoms with Gasteiger partial charge in [0.05, 0.1) is 7.11 Å². The summed E-state index contributed by atoms with van der Waals surface area (Å²) in [5, 5.41) is 2.91. The number of amides is 1. The molecule has 0 bridgehead atoms. The van der Waals surface area contributed by atoms with Crippen molar-refractivity contribution in [2.45, 2.75) is 13.8 Å². The van der Waals surface area contributed by atoms with E-state index in [1.54, 1.807) is 37.7 Å². The number of benzene rings is 2. The fourth-order valence-corrected chi connectivity index (χ4v) is 2.50. The average Bonchev–Trinajstić information content (AvgIpc) is 2.73. The van der Waals surface area contributed by atoms with E-state index in [1.165, 1.54) is 0 Å². The number of hydrogen-bond acceptors (Lipinski definition) is 5. The molecule has 1 heterocycles. The molecule has 1 aromatic heterocycles. The molecule has 1 amide bonds. The van der Waals surface area contributed by atoms with Crippen LogP contribution in [0, 0.1) is 5.92 Å². The molecule has 0 unspecified atom stereocenters. The van der Waals surface area contributed by atoms with Crippen molar-refractivity contribution in [2.75, 3.05) is 13.7 Å². The van der Waals surface area contributed by atoms with Gasteiger partial charge in [-0.15, -0.1) is 0 Å². The molecule has 3 aromatic rings. The predicted molar refractivity (Wildman–Crippen MR) is 108 cm³/mol. The molecule has 0 aliphatic carbocycles. The second kappa shape index (κ2) is 8.99. The predicted octanol–water partition coefficient (Wildman–Crippen LogP) is 4.33. The third-order valence-corrected chi connectivity index (χ3v) is 4.03. The van der Waals surface area contributed by atoms with Crippen molar-refractivity contribution >= 4 is 5.91 Å². The zero-order valence-corrected chi connectivity index (χ0v) is 16.2. The fourth-order valence-electron chi connectivity index (χ4n) is 2.50. The molecule has 1 N–H and O–H groups in total. The van der Waals surface area contributed by atoms with Crippen LogP contribution in [0.4, 0.5) is 0 Å². The van der Waals surface area contributed by atoms with Crippen molar-refractivity contribution in [3.8, 4) is 28.6 Å². The fraction of sp³-hybridized carbons (Fsp3) is 0.227. The lowest BCUT2D eigenvalue weighted by atomic mass is 10.1. The molecule has 0 radical (unpaired) electrons. The topological polar surface area (TPSA) is 73.3 Å². The van der Waals surface area contributed by atoms with Crippen molar-refractivity contribution < 1.29 is 14.3 Å². The van der Waals surface area contributed by atoms with Crippen molar-refractivity contribution in [3.05, 3.63) is 66.5 Å². The summed E-state index contributed by atoms with van der Waals surface area (Å²) in [5.74, 6) is 1.65. The SMILES string of the molecule is COc1cccc(Oc2ncc(-c3ccc(C(=O)NCC(C)C)cc3)cn2)c1. The molecule has 28 heavy (non-hydrogen) atoms. The molecule has 144 valence electrons. The Morgan fingerprint density at radius 1 is 1.00 bits per heavy atom. The molecular formula is C22H23N3O3. The smallest absolute Gasteiger partial charge is 0.321 e. The van der Waals surface area contributed by atoms with Crippen molar-refractivity contribution in [1.82, 2.24) is 15.3 Å². The van der Waals surface area contributed by atoms with E-state index in [9.17, 15) is 4.79 Å². The highest BCUT2D eigenvalue weighted by molar-refractivity contribution is 5.94. The molecule has 0 aliphatic heterocycles. The molecule has 0 saturated carbocycles. The van der Waals surface area contributed by atoms with Gasteiger partial charge in [-0.2, -0.15) is 0 Å². The maximum absolute atomic E-state index is 12.1. The van der Waals surface area contributed by atoms with Crippen molar-refractivity contribution in [3.63, 3.8) is 0 Å². The van der Waals surface area contributed by atoms with E-state index in [1.807, 2.05) is 30.3 Å². The maximum atomic E-state index is 12.1. The Morgan fingerprint density at radius 2 is 1.68 bits per heavy atom. The summed E-state index contributed by atoms with van der Waals surface area (Å²) < 4.78 is 10.8. The van der Waals surface area contributed by atoms with E-state index >= 15 is 0 Å². The minimum atomic E-state index is -0.0708. The van der Waals surface area contributed by atoms with Crippen LogP contribution in [0.2, 0.25) is 0 Å². The Bertz CT molecular complexity index is 923. The lowest BCUT2D eigenvalue weighted by Crippen LogP contribution is -2.27. The Labute approximate surface area is 164 Å². The van der Waals surface area contributed by atoms with Gasteiger partial charge in [0.1, 0.15) is 11.5 Å². The van der Waals surface area contributed by atoms with Crippen LogP contribution in [0.5, 0.6) is 17.5 Å². The average molecular weight is 377 g/mol. The van der Waals surface area contributed by atoms with Crippen molar-refractivity contribution in [2.24, 2.45) is 5.92 Å². The Kier molecular flexibility index (Phi) is 6.22. The number of methoxy groups -OCH3 is 1. The van der Waals surface area contributed by atoms with Gasteiger partial charge in [0, 0.05) is 36.1 Å². The zero-order chi connectivity index (χ0) is 19.9. The Morgan fingerprint density at radius 3 is 2.32 bits per heavy atom. The summed E-state index contributed by atoms with van der Waals surface area (Å²) in [5.41, 5.74) is 2.39. The highest BCUT2D eigenvalue weighted by Gasteiger charge is 2.08.